The molecule has 0 amide bonds. The first-order valence-electron chi connectivity index (χ1n) is 32.8. The second-order valence-corrected chi connectivity index (χ2v) is 23.0. The van der Waals surface area contributed by atoms with Crippen LogP contribution in [0.3, 0.4) is 0 Å². The summed E-state index contributed by atoms with van der Waals surface area (Å²) in [6, 6.07) is 0. The molecule has 0 radical (unpaired) electrons. The first-order chi connectivity index (χ1) is 40.2. The van der Waals surface area contributed by atoms with Gasteiger partial charge in [-0.2, -0.15) is 0 Å². The van der Waals surface area contributed by atoms with Crippen LogP contribution in [0.4, 0.5) is 0 Å². The molecule has 470 valence electrons. The van der Waals surface area contributed by atoms with E-state index in [2.05, 4.69) is 130 Å². The molecule has 0 aromatic carbocycles. The van der Waals surface area contributed by atoms with Crippen molar-refractivity contribution in [2.75, 3.05) is 26.4 Å². The SMILES string of the molecule is CC/C=C\C/C=C\C/C=C\C/C=C\CCCCCCCCC(=O)OC(COC(=O)CCCCCCCCC/C=C\C/C=C\CCCCC)COP(=O)(O)OCC(CO)OC(=O)CCCCCCCC/C=C\C/C=C\C/C=C\CCCCC. The van der Waals surface area contributed by atoms with Crippen LogP contribution in [0.2, 0.25) is 0 Å². The van der Waals surface area contributed by atoms with Crippen LogP contribution in [-0.4, -0.2) is 66.5 Å². The number of allylic oxidation sites excluding steroid dienone is 18. The zero-order valence-corrected chi connectivity index (χ0v) is 53.1. The molecule has 12 heteroatoms. The minimum atomic E-state index is -4.77. The number of ether oxygens (including phenoxy) is 3. The first kappa shape index (κ1) is 78.1. The van der Waals surface area contributed by atoms with Gasteiger partial charge in [-0.15, -0.1) is 0 Å². The van der Waals surface area contributed by atoms with Gasteiger partial charge in [-0.05, 0) is 128 Å². The maximum atomic E-state index is 13.0. The number of rotatable bonds is 60. The zero-order valence-electron chi connectivity index (χ0n) is 52.2. The third kappa shape index (κ3) is 60.7. The van der Waals surface area contributed by atoms with Crippen molar-refractivity contribution in [3.8, 4) is 0 Å². The minimum absolute atomic E-state index is 0.144. The van der Waals surface area contributed by atoms with Crippen molar-refractivity contribution in [3.63, 3.8) is 0 Å². The van der Waals surface area contributed by atoms with Gasteiger partial charge in [0.05, 0.1) is 19.8 Å². The van der Waals surface area contributed by atoms with E-state index in [1.807, 2.05) is 0 Å². The molecule has 0 aliphatic rings. The lowest BCUT2D eigenvalue weighted by Gasteiger charge is -2.21. The molecule has 0 fully saturated rings. The molecule has 0 aromatic rings. The highest BCUT2D eigenvalue weighted by Gasteiger charge is 2.28. The topological polar surface area (TPSA) is 155 Å². The molecule has 3 atom stereocenters. The smallest absolute Gasteiger partial charge is 0.462 e. The Labute approximate surface area is 501 Å². The highest BCUT2D eigenvalue weighted by atomic mass is 31.2. The normalized spacial score (nSPS) is 14.0. The van der Waals surface area contributed by atoms with E-state index < -0.39 is 57.8 Å². The Kier molecular flexibility index (Phi) is 60.2. The first-order valence-corrected chi connectivity index (χ1v) is 34.3. The Morgan fingerprint density at radius 2 is 0.634 bits per heavy atom. The second kappa shape index (κ2) is 63.2. The van der Waals surface area contributed by atoms with Crippen LogP contribution in [0.25, 0.3) is 0 Å². The standard InChI is InChI=1S/C70H119O11P/c1-4-7-10-13-16-19-22-25-28-31-33-36-39-42-45-48-51-54-57-60-69(73)80-66(62-71)64-78-82(75,76)79-65-67(63-77-68(72)59-56-53-50-47-44-41-38-35-30-27-24-21-18-15-12-9-6-3)81-70(74)61-58-55-52-49-46-43-40-37-34-32-29-26-23-20-17-14-11-8-5-2/h8,11,16-21,25-30,33-34,36-37,66-67,71H,4-7,9-10,12-15,22-24,31-32,35,38-65H2,1-3H3,(H,75,76)/b11-8-,19-16-,20-17-,21-18-,28-25-,29-26-,30-27-,36-33-,37-34-. The quantitative estimate of drug-likeness (QED) is 0.0197. The molecule has 0 bridgehead atoms. The second-order valence-electron chi connectivity index (χ2n) is 21.5. The molecular formula is C70H119O11P. The van der Waals surface area contributed by atoms with Gasteiger partial charge < -0.3 is 24.2 Å². The van der Waals surface area contributed by atoms with E-state index in [-0.39, 0.29) is 25.9 Å². The molecule has 0 saturated heterocycles. The molecular weight excluding hydrogens is 1050 g/mol. The third-order valence-electron chi connectivity index (χ3n) is 13.6. The van der Waals surface area contributed by atoms with Gasteiger partial charge in [0.15, 0.2) is 6.10 Å². The van der Waals surface area contributed by atoms with Gasteiger partial charge in [-0.3, -0.25) is 23.4 Å². The number of hydrogen-bond donors (Lipinski definition) is 2. The number of carbonyl (C=O) groups excluding carboxylic acids is 3. The average Bonchev–Trinajstić information content (AvgIpc) is 3.50. The van der Waals surface area contributed by atoms with E-state index in [1.54, 1.807) is 0 Å². The van der Waals surface area contributed by atoms with Crippen molar-refractivity contribution < 1.29 is 52.2 Å². The number of aliphatic hydroxyl groups excluding tert-OH is 1. The summed E-state index contributed by atoms with van der Waals surface area (Å²) in [7, 11) is -4.77. The summed E-state index contributed by atoms with van der Waals surface area (Å²) in [4.78, 5) is 48.8. The summed E-state index contributed by atoms with van der Waals surface area (Å²) >= 11 is 0. The number of unbranched alkanes of at least 4 members (excludes halogenated alkanes) is 25. The molecule has 0 aliphatic heterocycles. The van der Waals surface area contributed by atoms with Crippen LogP contribution in [0, 0.1) is 0 Å². The Balaban J connectivity index is 4.75. The summed E-state index contributed by atoms with van der Waals surface area (Å²) in [5, 5.41) is 9.87. The van der Waals surface area contributed by atoms with Gasteiger partial charge in [0.2, 0.25) is 0 Å². The van der Waals surface area contributed by atoms with Crippen molar-refractivity contribution in [2.24, 2.45) is 0 Å². The number of aliphatic hydroxyl groups is 1. The molecule has 0 aliphatic carbocycles. The number of phosphoric acid groups is 1. The average molecular weight is 1170 g/mol. The van der Waals surface area contributed by atoms with E-state index in [9.17, 15) is 28.9 Å². The van der Waals surface area contributed by atoms with Gasteiger partial charge in [0, 0.05) is 19.3 Å². The van der Waals surface area contributed by atoms with Crippen molar-refractivity contribution in [3.05, 3.63) is 109 Å². The number of phosphoric ester groups is 1. The molecule has 11 nitrogen and oxygen atoms in total. The Bertz CT molecular complexity index is 1790. The lowest BCUT2D eigenvalue weighted by atomic mass is 10.1. The van der Waals surface area contributed by atoms with Gasteiger partial charge in [-0.25, -0.2) is 4.57 Å². The van der Waals surface area contributed by atoms with Crippen LogP contribution in [0.1, 0.15) is 278 Å². The van der Waals surface area contributed by atoms with Gasteiger partial charge in [0.1, 0.15) is 12.7 Å². The number of carbonyl (C=O) groups is 3. The molecule has 0 saturated carbocycles. The predicted octanol–water partition coefficient (Wildman–Crippen LogP) is 20.1. The molecule has 82 heavy (non-hydrogen) atoms. The Hall–Kier alpha value is -3.86. The van der Waals surface area contributed by atoms with Crippen LogP contribution < -0.4 is 0 Å². The largest absolute Gasteiger partial charge is 0.472 e. The zero-order chi connectivity index (χ0) is 59.8. The monoisotopic (exact) mass is 1170 g/mol. The van der Waals surface area contributed by atoms with Gasteiger partial charge in [-0.1, -0.05) is 239 Å². The third-order valence-corrected chi connectivity index (χ3v) is 14.6. The lowest BCUT2D eigenvalue weighted by molar-refractivity contribution is -0.161. The Morgan fingerprint density at radius 1 is 0.354 bits per heavy atom. The van der Waals surface area contributed by atoms with Crippen LogP contribution in [0.15, 0.2) is 109 Å². The molecule has 0 aromatic heterocycles. The molecule has 2 N–H and O–H groups in total. The number of esters is 3. The van der Waals surface area contributed by atoms with Gasteiger partial charge in [0.25, 0.3) is 0 Å². The summed E-state index contributed by atoms with van der Waals surface area (Å²) in [6.07, 6.45) is 77.4. The van der Waals surface area contributed by atoms with Crippen molar-refractivity contribution in [2.45, 2.75) is 290 Å². The fraction of sp³-hybridized carbons (Fsp3) is 0.700. The van der Waals surface area contributed by atoms with Crippen LogP contribution >= 0.6 is 7.82 Å². The maximum Gasteiger partial charge on any atom is 0.472 e. The highest BCUT2D eigenvalue weighted by Crippen LogP contribution is 2.43. The predicted molar refractivity (Wildman–Crippen MR) is 343 cm³/mol. The fourth-order valence-corrected chi connectivity index (χ4v) is 9.46. The number of hydrogen-bond acceptors (Lipinski definition) is 10. The summed E-state index contributed by atoms with van der Waals surface area (Å²) < 4.78 is 39.7. The summed E-state index contributed by atoms with van der Waals surface area (Å²) in [5.74, 6) is -1.50. The van der Waals surface area contributed by atoms with Crippen LogP contribution in [-0.2, 0) is 42.2 Å². The van der Waals surface area contributed by atoms with Gasteiger partial charge >= 0.3 is 25.7 Å². The van der Waals surface area contributed by atoms with E-state index in [4.69, 9.17) is 23.3 Å². The van der Waals surface area contributed by atoms with Crippen LogP contribution in [0.5, 0.6) is 0 Å². The molecule has 0 heterocycles. The van der Waals surface area contributed by atoms with E-state index in [1.165, 1.54) is 64.2 Å². The van der Waals surface area contributed by atoms with Crippen molar-refractivity contribution in [1.29, 1.82) is 0 Å². The minimum Gasteiger partial charge on any atom is -0.462 e. The summed E-state index contributed by atoms with van der Waals surface area (Å²) in [6.45, 7) is 4.46. The lowest BCUT2D eigenvalue weighted by Crippen LogP contribution is -2.30. The molecule has 0 spiro atoms. The van der Waals surface area contributed by atoms with E-state index in [0.29, 0.717) is 19.3 Å². The molecule has 0 rings (SSSR count). The highest BCUT2D eigenvalue weighted by molar-refractivity contribution is 7.47. The van der Waals surface area contributed by atoms with E-state index >= 15 is 0 Å². The molecule has 3 unspecified atom stereocenters. The van der Waals surface area contributed by atoms with Crippen molar-refractivity contribution in [1.82, 2.24) is 0 Å². The Morgan fingerprint density at radius 3 is 0.976 bits per heavy atom. The van der Waals surface area contributed by atoms with Crippen molar-refractivity contribution >= 4 is 25.7 Å². The maximum absolute atomic E-state index is 13.0. The van der Waals surface area contributed by atoms with E-state index in [0.717, 1.165) is 154 Å². The summed E-state index contributed by atoms with van der Waals surface area (Å²) in [5.41, 5.74) is 0. The fourth-order valence-electron chi connectivity index (χ4n) is 8.68.